The predicted octanol–water partition coefficient (Wildman–Crippen LogP) is 4.34. The fourth-order valence-corrected chi connectivity index (χ4v) is 6.07. The molecular weight excluding hydrogens is 523 g/mol. The number of nitrogens with one attached hydrogen (secondary N) is 1. The third-order valence-electron chi connectivity index (χ3n) is 8.13. The summed E-state index contributed by atoms with van der Waals surface area (Å²) in [5, 5.41) is 3.21. The predicted molar refractivity (Wildman–Crippen MR) is 147 cm³/mol. The Morgan fingerprint density at radius 2 is 1.64 bits per heavy atom. The molecule has 39 heavy (non-hydrogen) atoms. The SMILES string of the molecule is O=C(N1CCOCC1)N1CCC(C2CCN(c3ncc4ncnc(Nc5ccc(F)c(Cl)c5)c4n3)CC2)CC1. The van der Waals surface area contributed by atoms with Gasteiger partial charge in [-0.25, -0.2) is 29.1 Å². The van der Waals surface area contributed by atoms with Crippen LogP contribution in [0.5, 0.6) is 0 Å². The Morgan fingerprint density at radius 1 is 0.949 bits per heavy atom. The number of rotatable bonds is 4. The molecule has 3 aliphatic heterocycles. The highest BCUT2D eigenvalue weighted by Gasteiger charge is 2.33. The van der Waals surface area contributed by atoms with Gasteiger partial charge in [-0.15, -0.1) is 0 Å². The van der Waals surface area contributed by atoms with Gasteiger partial charge >= 0.3 is 6.03 Å². The molecule has 3 aromatic rings. The lowest BCUT2D eigenvalue weighted by Crippen LogP contribution is -2.51. The number of halogens is 2. The van der Waals surface area contributed by atoms with E-state index in [9.17, 15) is 9.18 Å². The number of fused-ring (bicyclic) bond motifs is 1. The van der Waals surface area contributed by atoms with E-state index in [1.54, 1.807) is 12.3 Å². The molecule has 2 amide bonds. The summed E-state index contributed by atoms with van der Waals surface area (Å²) in [5.41, 5.74) is 1.83. The first-order valence-corrected chi connectivity index (χ1v) is 14.0. The maximum atomic E-state index is 13.6. The van der Waals surface area contributed by atoms with Crippen molar-refractivity contribution < 1.29 is 13.9 Å². The summed E-state index contributed by atoms with van der Waals surface area (Å²) in [6.07, 6.45) is 7.45. The number of morpholine rings is 1. The zero-order chi connectivity index (χ0) is 26.8. The fraction of sp³-hybridized carbons (Fsp3) is 0.519. The Morgan fingerprint density at radius 3 is 2.36 bits per heavy atom. The number of urea groups is 1. The van der Waals surface area contributed by atoms with Gasteiger partial charge in [0.1, 0.15) is 23.2 Å². The van der Waals surface area contributed by atoms with E-state index in [4.69, 9.17) is 21.3 Å². The molecule has 0 atom stereocenters. The molecule has 0 bridgehead atoms. The first kappa shape index (κ1) is 25.9. The van der Waals surface area contributed by atoms with Crippen LogP contribution in [0.4, 0.5) is 26.6 Å². The van der Waals surface area contributed by atoms with Crippen LogP contribution >= 0.6 is 11.6 Å². The minimum atomic E-state index is -0.477. The van der Waals surface area contributed by atoms with Crippen molar-refractivity contribution in [2.24, 2.45) is 11.8 Å². The Hall–Kier alpha value is -3.31. The van der Waals surface area contributed by atoms with Gasteiger partial charge in [-0.05, 0) is 55.7 Å². The van der Waals surface area contributed by atoms with Gasteiger partial charge in [0.25, 0.3) is 0 Å². The second kappa shape index (κ2) is 11.4. The van der Waals surface area contributed by atoms with Crippen LogP contribution in [0.2, 0.25) is 5.02 Å². The molecular formula is C27H32ClFN8O2. The standard InChI is InChI=1S/C27H32ClFN8O2/c28-21-15-20(1-2-22(21)29)33-25-24-23(31-17-32-25)16-30-26(34-24)35-7-3-18(4-8-35)19-5-9-36(10-6-19)27(38)37-11-13-39-14-12-37/h1-2,15-19H,3-14H2,(H,31,32,33). The minimum Gasteiger partial charge on any atom is -0.378 e. The van der Waals surface area contributed by atoms with Crippen LogP contribution in [-0.4, -0.2) is 88.2 Å². The molecule has 2 aromatic heterocycles. The molecule has 3 fully saturated rings. The van der Waals surface area contributed by atoms with E-state index in [1.165, 1.54) is 18.5 Å². The van der Waals surface area contributed by atoms with Gasteiger partial charge in [-0.1, -0.05) is 11.6 Å². The summed E-state index contributed by atoms with van der Waals surface area (Å²) in [7, 11) is 0. The molecule has 1 aromatic carbocycles. The van der Waals surface area contributed by atoms with Gasteiger partial charge in [0.05, 0.1) is 24.4 Å². The molecule has 5 heterocycles. The van der Waals surface area contributed by atoms with Crippen molar-refractivity contribution in [3.8, 4) is 0 Å². The summed E-state index contributed by atoms with van der Waals surface area (Å²) < 4.78 is 19.0. The second-order valence-electron chi connectivity index (χ2n) is 10.4. The summed E-state index contributed by atoms with van der Waals surface area (Å²) in [6.45, 7) is 6.09. The zero-order valence-corrected chi connectivity index (χ0v) is 22.5. The van der Waals surface area contributed by atoms with Crippen molar-refractivity contribution in [1.82, 2.24) is 29.7 Å². The molecule has 3 aliphatic rings. The molecule has 6 rings (SSSR count). The molecule has 0 aliphatic carbocycles. The van der Waals surface area contributed by atoms with Crippen LogP contribution in [-0.2, 0) is 4.74 Å². The molecule has 10 nitrogen and oxygen atoms in total. The number of amides is 2. The average molecular weight is 555 g/mol. The molecule has 3 saturated heterocycles. The largest absolute Gasteiger partial charge is 0.378 e. The van der Waals surface area contributed by atoms with Crippen LogP contribution < -0.4 is 10.2 Å². The van der Waals surface area contributed by atoms with Crippen LogP contribution in [0, 0.1) is 17.7 Å². The summed E-state index contributed by atoms with van der Waals surface area (Å²) in [4.78, 5) is 37.0. The number of ether oxygens (including phenoxy) is 1. The number of carbonyl (C=O) groups is 1. The Labute approximate surface area is 231 Å². The second-order valence-corrected chi connectivity index (χ2v) is 10.8. The molecule has 206 valence electrons. The Bertz CT molecular complexity index is 1320. The Kier molecular flexibility index (Phi) is 7.60. The van der Waals surface area contributed by atoms with E-state index in [2.05, 4.69) is 25.2 Å². The minimum absolute atomic E-state index is 0.0333. The normalized spacial score (nSPS) is 19.5. The van der Waals surface area contributed by atoms with Crippen LogP contribution in [0.3, 0.4) is 0 Å². The monoisotopic (exact) mass is 554 g/mol. The summed E-state index contributed by atoms with van der Waals surface area (Å²) >= 11 is 5.94. The van der Waals surface area contributed by atoms with Crippen molar-refractivity contribution >= 4 is 46.1 Å². The molecule has 0 unspecified atom stereocenters. The number of anilines is 3. The molecule has 0 spiro atoms. The van der Waals surface area contributed by atoms with Crippen molar-refractivity contribution in [2.45, 2.75) is 25.7 Å². The van der Waals surface area contributed by atoms with Gasteiger partial charge in [0.2, 0.25) is 5.95 Å². The number of carbonyl (C=O) groups excluding carboxylic acids is 1. The third-order valence-corrected chi connectivity index (χ3v) is 8.42. The third kappa shape index (κ3) is 5.69. The van der Waals surface area contributed by atoms with Gasteiger partial charge in [0, 0.05) is 45.0 Å². The first-order valence-electron chi connectivity index (χ1n) is 13.6. The Balaban J connectivity index is 1.07. The number of piperidine rings is 2. The maximum absolute atomic E-state index is 13.6. The van der Waals surface area contributed by atoms with E-state index in [0.29, 0.717) is 66.6 Å². The average Bonchev–Trinajstić information content (AvgIpc) is 2.99. The quantitative estimate of drug-likeness (QED) is 0.508. The fourth-order valence-electron chi connectivity index (χ4n) is 5.89. The van der Waals surface area contributed by atoms with E-state index in [1.807, 2.05) is 9.80 Å². The number of hydrogen-bond acceptors (Lipinski definition) is 8. The number of nitrogens with zero attached hydrogens (tertiary/aromatic N) is 7. The zero-order valence-electron chi connectivity index (χ0n) is 21.7. The van der Waals surface area contributed by atoms with Gasteiger partial charge < -0.3 is 24.8 Å². The lowest BCUT2D eigenvalue weighted by atomic mass is 9.79. The maximum Gasteiger partial charge on any atom is 0.320 e. The topological polar surface area (TPSA) is 99.6 Å². The first-order chi connectivity index (χ1) is 19.0. The van der Waals surface area contributed by atoms with Gasteiger partial charge in [0.15, 0.2) is 5.82 Å². The highest BCUT2D eigenvalue weighted by Crippen LogP contribution is 2.34. The number of hydrogen-bond donors (Lipinski definition) is 1. The highest BCUT2D eigenvalue weighted by molar-refractivity contribution is 6.31. The number of likely N-dealkylation sites (tertiary alicyclic amines) is 1. The number of benzene rings is 1. The highest BCUT2D eigenvalue weighted by atomic mass is 35.5. The van der Waals surface area contributed by atoms with Crippen LogP contribution in [0.15, 0.2) is 30.7 Å². The molecule has 0 saturated carbocycles. The molecule has 12 heteroatoms. The van der Waals surface area contributed by atoms with Crippen molar-refractivity contribution in [1.29, 1.82) is 0 Å². The van der Waals surface area contributed by atoms with Crippen molar-refractivity contribution in [2.75, 3.05) is 62.7 Å². The lowest BCUT2D eigenvalue weighted by molar-refractivity contribution is 0.0381. The van der Waals surface area contributed by atoms with Crippen LogP contribution in [0.1, 0.15) is 25.7 Å². The van der Waals surface area contributed by atoms with Gasteiger partial charge in [-0.3, -0.25) is 0 Å². The van der Waals surface area contributed by atoms with Crippen molar-refractivity contribution in [3.05, 3.63) is 41.6 Å². The lowest BCUT2D eigenvalue weighted by Gasteiger charge is -2.41. The van der Waals surface area contributed by atoms with E-state index in [0.717, 1.165) is 51.9 Å². The molecule has 0 radical (unpaired) electrons. The van der Waals surface area contributed by atoms with E-state index >= 15 is 0 Å². The number of aromatic nitrogens is 4. The molecule has 1 N–H and O–H groups in total. The van der Waals surface area contributed by atoms with Crippen LogP contribution in [0.25, 0.3) is 11.0 Å². The van der Waals surface area contributed by atoms with Crippen molar-refractivity contribution in [3.63, 3.8) is 0 Å². The summed E-state index contributed by atoms with van der Waals surface area (Å²) in [5.74, 6) is 1.98. The van der Waals surface area contributed by atoms with Gasteiger partial charge in [-0.2, -0.15) is 0 Å². The summed E-state index contributed by atoms with van der Waals surface area (Å²) in [6, 6.07) is 4.59. The van der Waals surface area contributed by atoms with E-state index in [-0.39, 0.29) is 11.1 Å². The smallest absolute Gasteiger partial charge is 0.320 e. The van der Waals surface area contributed by atoms with E-state index < -0.39 is 5.82 Å².